The summed E-state index contributed by atoms with van der Waals surface area (Å²) < 4.78 is 10.5. The molecule has 0 saturated carbocycles. The fourth-order valence-corrected chi connectivity index (χ4v) is 0.641. The maximum absolute atomic E-state index is 5.23. The molecule has 0 fully saturated rings. The first-order valence-corrected chi connectivity index (χ1v) is 5.22. The van der Waals surface area contributed by atoms with Gasteiger partial charge in [-0.05, 0) is 13.5 Å². The van der Waals surface area contributed by atoms with E-state index in [9.17, 15) is 0 Å². The Balaban J connectivity index is 0. The minimum Gasteiger partial charge on any atom is -0.379 e. The molecule has 0 amide bonds. The SMILES string of the molecule is CC.CCCOCCOCCNC. The highest BCUT2D eigenvalue weighted by molar-refractivity contribution is 4.36. The molecule has 0 heterocycles. The van der Waals surface area contributed by atoms with Crippen molar-refractivity contribution < 1.29 is 9.47 Å². The third kappa shape index (κ3) is 18.7. The number of ether oxygens (including phenoxy) is 2. The Kier molecular flexibility index (Phi) is 21.1. The fraction of sp³-hybridized carbons (Fsp3) is 1.00. The van der Waals surface area contributed by atoms with Crippen molar-refractivity contribution in [2.45, 2.75) is 27.2 Å². The van der Waals surface area contributed by atoms with Crippen LogP contribution in [0, 0.1) is 0 Å². The molecule has 0 aromatic heterocycles. The maximum atomic E-state index is 5.23. The molecule has 0 rings (SSSR count). The summed E-state index contributed by atoms with van der Waals surface area (Å²) >= 11 is 0. The summed E-state index contributed by atoms with van der Waals surface area (Å²) in [5, 5.41) is 3.00. The first kappa shape index (κ1) is 15.4. The van der Waals surface area contributed by atoms with Crippen molar-refractivity contribution >= 4 is 0 Å². The summed E-state index contributed by atoms with van der Waals surface area (Å²) in [6.07, 6.45) is 1.08. The van der Waals surface area contributed by atoms with Crippen molar-refractivity contribution in [2.75, 3.05) is 40.0 Å². The summed E-state index contributed by atoms with van der Waals surface area (Å²) in [5.41, 5.74) is 0. The molecule has 0 saturated heterocycles. The number of likely N-dealkylation sites (N-methyl/N-ethyl adjacent to an activating group) is 1. The predicted molar refractivity (Wildman–Crippen MR) is 57.2 cm³/mol. The van der Waals surface area contributed by atoms with Crippen LogP contribution < -0.4 is 5.32 Å². The highest BCUT2D eigenvalue weighted by Gasteiger charge is 1.87. The molecule has 0 radical (unpaired) electrons. The van der Waals surface area contributed by atoms with E-state index >= 15 is 0 Å². The van der Waals surface area contributed by atoms with Crippen LogP contribution in [0.4, 0.5) is 0 Å². The molecule has 0 bridgehead atoms. The van der Waals surface area contributed by atoms with Crippen LogP contribution in [-0.4, -0.2) is 40.0 Å². The van der Waals surface area contributed by atoms with Gasteiger partial charge in [0, 0.05) is 13.2 Å². The van der Waals surface area contributed by atoms with E-state index in [1.165, 1.54) is 0 Å². The first-order valence-electron chi connectivity index (χ1n) is 5.22. The fourth-order valence-electron chi connectivity index (χ4n) is 0.641. The van der Waals surface area contributed by atoms with Crippen molar-refractivity contribution in [1.82, 2.24) is 5.32 Å². The monoisotopic (exact) mass is 191 g/mol. The van der Waals surface area contributed by atoms with Crippen LogP contribution >= 0.6 is 0 Å². The van der Waals surface area contributed by atoms with Gasteiger partial charge in [-0.25, -0.2) is 0 Å². The van der Waals surface area contributed by atoms with Crippen LogP contribution in [0.3, 0.4) is 0 Å². The summed E-state index contributed by atoms with van der Waals surface area (Å²) in [7, 11) is 1.91. The second-order valence-corrected chi connectivity index (χ2v) is 2.33. The van der Waals surface area contributed by atoms with Gasteiger partial charge in [0.15, 0.2) is 0 Å². The van der Waals surface area contributed by atoms with Gasteiger partial charge in [0.2, 0.25) is 0 Å². The van der Waals surface area contributed by atoms with Gasteiger partial charge in [-0.2, -0.15) is 0 Å². The third-order valence-corrected chi connectivity index (χ3v) is 1.22. The molecule has 0 atom stereocenters. The highest BCUT2D eigenvalue weighted by Crippen LogP contribution is 1.80. The van der Waals surface area contributed by atoms with Crippen LogP contribution in [0.5, 0.6) is 0 Å². The minimum absolute atomic E-state index is 0.710. The Morgan fingerprint density at radius 3 is 1.92 bits per heavy atom. The van der Waals surface area contributed by atoms with E-state index in [0.717, 1.165) is 32.8 Å². The van der Waals surface area contributed by atoms with Crippen molar-refractivity contribution in [3.05, 3.63) is 0 Å². The molecule has 1 N–H and O–H groups in total. The van der Waals surface area contributed by atoms with Gasteiger partial charge in [-0.15, -0.1) is 0 Å². The molecule has 3 nitrogen and oxygen atoms in total. The normalized spacial score (nSPS) is 9.23. The summed E-state index contributed by atoms with van der Waals surface area (Å²) in [5.74, 6) is 0. The highest BCUT2D eigenvalue weighted by atomic mass is 16.5. The van der Waals surface area contributed by atoms with Gasteiger partial charge in [0.1, 0.15) is 0 Å². The second kappa shape index (κ2) is 17.8. The number of hydrogen-bond donors (Lipinski definition) is 1. The average Bonchev–Trinajstić information content (AvgIpc) is 2.20. The molecule has 0 aliphatic rings. The van der Waals surface area contributed by atoms with Crippen LogP contribution in [0.1, 0.15) is 27.2 Å². The topological polar surface area (TPSA) is 30.5 Å². The lowest BCUT2D eigenvalue weighted by Crippen LogP contribution is -2.16. The lowest BCUT2D eigenvalue weighted by Gasteiger charge is -2.03. The number of rotatable bonds is 8. The van der Waals surface area contributed by atoms with Crippen molar-refractivity contribution in [1.29, 1.82) is 0 Å². The van der Waals surface area contributed by atoms with Crippen LogP contribution in [0.15, 0.2) is 0 Å². The van der Waals surface area contributed by atoms with E-state index in [1.54, 1.807) is 0 Å². The predicted octanol–water partition coefficient (Wildman–Crippen LogP) is 1.68. The molecule has 0 spiro atoms. The van der Waals surface area contributed by atoms with Crippen molar-refractivity contribution in [3.63, 3.8) is 0 Å². The van der Waals surface area contributed by atoms with E-state index in [1.807, 2.05) is 20.9 Å². The van der Waals surface area contributed by atoms with Crippen molar-refractivity contribution in [2.24, 2.45) is 0 Å². The molecule has 3 heteroatoms. The molecule has 82 valence electrons. The zero-order valence-corrected chi connectivity index (χ0v) is 9.56. The molecule has 0 aromatic carbocycles. The second-order valence-electron chi connectivity index (χ2n) is 2.33. The smallest absolute Gasteiger partial charge is 0.0701 e. The lowest BCUT2D eigenvalue weighted by atomic mass is 10.5. The number of nitrogens with one attached hydrogen (secondary N) is 1. The Morgan fingerprint density at radius 2 is 1.46 bits per heavy atom. The number of hydrogen-bond acceptors (Lipinski definition) is 3. The van der Waals surface area contributed by atoms with E-state index < -0.39 is 0 Å². The van der Waals surface area contributed by atoms with E-state index in [0.29, 0.717) is 6.61 Å². The summed E-state index contributed by atoms with van der Waals surface area (Å²) in [6.45, 7) is 10.1. The van der Waals surface area contributed by atoms with E-state index in [4.69, 9.17) is 9.47 Å². The van der Waals surface area contributed by atoms with E-state index in [-0.39, 0.29) is 0 Å². The lowest BCUT2D eigenvalue weighted by molar-refractivity contribution is 0.0495. The Bertz CT molecular complexity index is 61.9. The van der Waals surface area contributed by atoms with Crippen LogP contribution in [0.2, 0.25) is 0 Å². The van der Waals surface area contributed by atoms with Gasteiger partial charge in [0.05, 0.1) is 19.8 Å². The molecule has 0 aliphatic carbocycles. The zero-order valence-electron chi connectivity index (χ0n) is 9.56. The zero-order chi connectivity index (χ0) is 10.4. The quantitative estimate of drug-likeness (QED) is 0.592. The third-order valence-electron chi connectivity index (χ3n) is 1.22. The summed E-state index contributed by atoms with van der Waals surface area (Å²) in [4.78, 5) is 0. The first-order chi connectivity index (χ1) is 6.41. The van der Waals surface area contributed by atoms with Gasteiger partial charge in [-0.1, -0.05) is 20.8 Å². The average molecular weight is 191 g/mol. The van der Waals surface area contributed by atoms with Crippen LogP contribution in [-0.2, 0) is 9.47 Å². The van der Waals surface area contributed by atoms with Crippen LogP contribution in [0.25, 0.3) is 0 Å². The van der Waals surface area contributed by atoms with Gasteiger partial charge in [-0.3, -0.25) is 0 Å². The Hall–Kier alpha value is -0.120. The largest absolute Gasteiger partial charge is 0.379 e. The van der Waals surface area contributed by atoms with E-state index in [2.05, 4.69) is 12.2 Å². The minimum atomic E-state index is 0.710. The Morgan fingerprint density at radius 1 is 0.923 bits per heavy atom. The standard InChI is InChI=1S/C8H19NO2.C2H6/c1-3-5-10-7-8-11-6-4-9-2;1-2/h9H,3-8H2,1-2H3;1-2H3. The molecular weight excluding hydrogens is 166 g/mol. The Labute approximate surface area is 82.8 Å². The maximum Gasteiger partial charge on any atom is 0.0701 e. The van der Waals surface area contributed by atoms with Gasteiger partial charge >= 0.3 is 0 Å². The van der Waals surface area contributed by atoms with Gasteiger partial charge < -0.3 is 14.8 Å². The molecular formula is C10H25NO2. The van der Waals surface area contributed by atoms with Gasteiger partial charge in [0.25, 0.3) is 0 Å². The molecule has 0 aliphatic heterocycles. The molecule has 13 heavy (non-hydrogen) atoms. The van der Waals surface area contributed by atoms with Crippen molar-refractivity contribution in [3.8, 4) is 0 Å². The summed E-state index contributed by atoms with van der Waals surface area (Å²) in [6, 6.07) is 0. The molecule has 0 unspecified atom stereocenters. The molecule has 0 aromatic rings.